The summed E-state index contributed by atoms with van der Waals surface area (Å²) in [5.74, 6) is 6.96. The standard InChI is InChI=1S/C18H26N2/c1-15-8-3-6-12-18(15)20(2)14-17-10-5-4-9-16(17)11-7-13-19/h4-5,9-10,15,18H,3,6,8,12-14,19H2,1-2H3. The van der Waals surface area contributed by atoms with Crippen molar-refractivity contribution in [3.63, 3.8) is 0 Å². The second-order valence-corrected chi connectivity index (χ2v) is 5.91. The van der Waals surface area contributed by atoms with E-state index in [2.05, 4.69) is 48.9 Å². The summed E-state index contributed by atoms with van der Waals surface area (Å²) in [6, 6.07) is 9.13. The highest BCUT2D eigenvalue weighted by atomic mass is 15.1. The molecule has 20 heavy (non-hydrogen) atoms. The van der Waals surface area contributed by atoms with Crippen LogP contribution in [-0.2, 0) is 6.54 Å². The van der Waals surface area contributed by atoms with Gasteiger partial charge in [0, 0.05) is 18.2 Å². The van der Waals surface area contributed by atoms with Crippen molar-refractivity contribution >= 4 is 0 Å². The molecule has 2 rings (SSSR count). The van der Waals surface area contributed by atoms with Crippen LogP contribution in [0.25, 0.3) is 0 Å². The quantitative estimate of drug-likeness (QED) is 0.856. The lowest BCUT2D eigenvalue weighted by atomic mass is 9.85. The number of nitrogens with zero attached hydrogens (tertiary/aromatic N) is 1. The topological polar surface area (TPSA) is 29.3 Å². The van der Waals surface area contributed by atoms with Crippen LogP contribution < -0.4 is 5.73 Å². The number of hydrogen-bond acceptors (Lipinski definition) is 2. The molecule has 0 heterocycles. The van der Waals surface area contributed by atoms with Crippen LogP contribution in [0.5, 0.6) is 0 Å². The molecular formula is C18H26N2. The van der Waals surface area contributed by atoms with E-state index in [1.54, 1.807) is 0 Å². The first-order valence-corrected chi connectivity index (χ1v) is 7.69. The molecule has 1 saturated carbocycles. The summed E-state index contributed by atoms with van der Waals surface area (Å²) < 4.78 is 0. The summed E-state index contributed by atoms with van der Waals surface area (Å²) in [4.78, 5) is 2.51. The lowest BCUT2D eigenvalue weighted by Crippen LogP contribution is -2.38. The molecule has 0 aromatic heterocycles. The number of nitrogens with two attached hydrogens (primary N) is 1. The third-order valence-corrected chi connectivity index (χ3v) is 4.39. The van der Waals surface area contributed by atoms with Crippen LogP contribution in [0.4, 0.5) is 0 Å². The fourth-order valence-corrected chi connectivity index (χ4v) is 3.26. The van der Waals surface area contributed by atoms with Crippen LogP contribution in [0, 0.1) is 17.8 Å². The molecule has 1 aliphatic carbocycles. The summed E-state index contributed by atoms with van der Waals surface area (Å²) >= 11 is 0. The van der Waals surface area contributed by atoms with Gasteiger partial charge in [0.25, 0.3) is 0 Å². The highest BCUT2D eigenvalue weighted by molar-refractivity contribution is 5.41. The van der Waals surface area contributed by atoms with Crippen molar-refractivity contribution in [2.24, 2.45) is 11.7 Å². The Kier molecular flexibility index (Phi) is 5.64. The van der Waals surface area contributed by atoms with Crippen molar-refractivity contribution in [1.82, 2.24) is 4.90 Å². The Morgan fingerprint density at radius 2 is 2.00 bits per heavy atom. The van der Waals surface area contributed by atoms with Crippen molar-refractivity contribution in [2.45, 2.75) is 45.2 Å². The Hall–Kier alpha value is -1.30. The van der Waals surface area contributed by atoms with Gasteiger partial charge in [-0.25, -0.2) is 0 Å². The molecule has 2 unspecified atom stereocenters. The van der Waals surface area contributed by atoms with Gasteiger partial charge in [0.1, 0.15) is 0 Å². The zero-order valence-electron chi connectivity index (χ0n) is 12.7. The molecule has 0 saturated heterocycles. The van der Waals surface area contributed by atoms with E-state index >= 15 is 0 Å². The average Bonchev–Trinajstić information content (AvgIpc) is 2.46. The van der Waals surface area contributed by atoms with Crippen molar-refractivity contribution in [3.05, 3.63) is 35.4 Å². The molecule has 0 bridgehead atoms. The Bertz CT molecular complexity index is 484. The van der Waals surface area contributed by atoms with E-state index in [1.165, 1.54) is 31.2 Å². The van der Waals surface area contributed by atoms with E-state index in [9.17, 15) is 0 Å². The van der Waals surface area contributed by atoms with Crippen molar-refractivity contribution < 1.29 is 0 Å². The monoisotopic (exact) mass is 270 g/mol. The minimum absolute atomic E-state index is 0.420. The summed E-state index contributed by atoms with van der Waals surface area (Å²) in [5, 5.41) is 0. The average molecular weight is 270 g/mol. The molecule has 1 aromatic carbocycles. The van der Waals surface area contributed by atoms with Gasteiger partial charge in [0.05, 0.1) is 6.54 Å². The van der Waals surface area contributed by atoms with E-state index in [0.717, 1.165) is 18.0 Å². The molecule has 2 atom stereocenters. The predicted octanol–water partition coefficient (Wildman–Crippen LogP) is 3.01. The van der Waals surface area contributed by atoms with Crippen molar-refractivity contribution in [2.75, 3.05) is 13.6 Å². The molecule has 1 fully saturated rings. The van der Waals surface area contributed by atoms with Crippen LogP contribution in [0.1, 0.15) is 43.7 Å². The van der Waals surface area contributed by atoms with Gasteiger partial charge < -0.3 is 5.73 Å². The Labute approximate surface area is 123 Å². The lowest BCUT2D eigenvalue weighted by molar-refractivity contribution is 0.133. The van der Waals surface area contributed by atoms with E-state index < -0.39 is 0 Å². The van der Waals surface area contributed by atoms with Gasteiger partial charge >= 0.3 is 0 Å². The van der Waals surface area contributed by atoms with Crippen LogP contribution in [0.3, 0.4) is 0 Å². The highest BCUT2D eigenvalue weighted by Gasteiger charge is 2.25. The zero-order chi connectivity index (χ0) is 14.4. The van der Waals surface area contributed by atoms with Crippen molar-refractivity contribution in [1.29, 1.82) is 0 Å². The minimum atomic E-state index is 0.420. The third kappa shape index (κ3) is 3.85. The van der Waals surface area contributed by atoms with Gasteiger partial charge in [0.2, 0.25) is 0 Å². The number of benzene rings is 1. The summed E-state index contributed by atoms with van der Waals surface area (Å²) in [6.45, 7) is 3.79. The van der Waals surface area contributed by atoms with Crippen LogP contribution in [-0.4, -0.2) is 24.5 Å². The third-order valence-electron chi connectivity index (χ3n) is 4.39. The normalized spacial score (nSPS) is 22.4. The number of rotatable bonds is 3. The minimum Gasteiger partial charge on any atom is -0.320 e. The first kappa shape index (κ1) is 15.1. The lowest BCUT2D eigenvalue weighted by Gasteiger charge is -2.36. The van der Waals surface area contributed by atoms with Gasteiger partial charge in [-0.3, -0.25) is 4.90 Å². The second-order valence-electron chi connectivity index (χ2n) is 5.91. The summed E-state index contributed by atoms with van der Waals surface area (Å²) in [5.41, 5.74) is 7.91. The summed E-state index contributed by atoms with van der Waals surface area (Å²) in [6.07, 6.45) is 5.45. The molecule has 2 heteroatoms. The molecule has 0 spiro atoms. The molecule has 1 aromatic rings. The maximum atomic E-state index is 5.48. The first-order chi connectivity index (χ1) is 9.72. The van der Waals surface area contributed by atoms with E-state index in [-0.39, 0.29) is 0 Å². The van der Waals surface area contributed by atoms with Gasteiger partial charge in [-0.1, -0.05) is 49.8 Å². The highest BCUT2D eigenvalue weighted by Crippen LogP contribution is 2.28. The summed E-state index contributed by atoms with van der Waals surface area (Å²) in [7, 11) is 2.25. The number of hydrogen-bond donors (Lipinski definition) is 1. The molecule has 0 amide bonds. The van der Waals surface area contributed by atoms with Crippen molar-refractivity contribution in [3.8, 4) is 11.8 Å². The fourth-order valence-electron chi connectivity index (χ4n) is 3.26. The molecule has 1 aliphatic rings. The molecular weight excluding hydrogens is 244 g/mol. The fraction of sp³-hybridized carbons (Fsp3) is 0.556. The molecule has 2 N–H and O–H groups in total. The SMILES string of the molecule is CC1CCCCC1N(C)Cc1ccccc1C#CCN. The predicted molar refractivity (Wildman–Crippen MR) is 85.3 cm³/mol. The first-order valence-electron chi connectivity index (χ1n) is 7.69. The van der Waals surface area contributed by atoms with Gasteiger partial charge in [0.15, 0.2) is 0 Å². The molecule has 0 aliphatic heterocycles. The van der Waals surface area contributed by atoms with E-state index in [0.29, 0.717) is 12.6 Å². The zero-order valence-corrected chi connectivity index (χ0v) is 12.7. The molecule has 0 radical (unpaired) electrons. The maximum Gasteiger partial charge on any atom is 0.0555 e. The smallest absolute Gasteiger partial charge is 0.0555 e. The molecule has 2 nitrogen and oxygen atoms in total. The van der Waals surface area contributed by atoms with E-state index in [4.69, 9.17) is 5.73 Å². The Morgan fingerprint density at radius 3 is 2.75 bits per heavy atom. The van der Waals surface area contributed by atoms with Gasteiger partial charge in [-0.15, -0.1) is 0 Å². The Morgan fingerprint density at radius 1 is 1.25 bits per heavy atom. The Balaban J connectivity index is 2.09. The van der Waals surface area contributed by atoms with Gasteiger partial charge in [-0.2, -0.15) is 0 Å². The maximum absolute atomic E-state index is 5.48. The van der Waals surface area contributed by atoms with Crippen LogP contribution in [0.15, 0.2) is 24.3 Å². The molecule has 108 valence electrons. The van der Waals surface area contributed by atoms with Gasteiger partial charge in [-0.05, 0) is 37.4 Å². The van der Waals surface area contributed by atoms with E-state index in [1.807, 2.05) is 6.07 Å². The van der Waals surface area contributed by atoms with Crippen LogP contribution in [0.2, 0.25) is 0 Å². The largest absolute Gasteiger partial charge is 0.320 e. The van der Waals surface area contributed by atoms with Crippen LogP contribution >= 0.6 is 0 Å². The second kappa shape index (κ2) is 7.47.